The second-order valence-electron chi connectivity index (χ2n) is 5.78. The lowest BCUT2D eigenvalue weighted by Crippen LogP contribution is -2.54. The molecule has 0 radical (unpaired) electrons. The van der Waals surface area contributed by atoms with Crippen LogP contribution in [0.4, 0.5) is 9.93 Å². The summed E-state index contributed by atoms with van der Waals surface area (Å²) in [5.41, 5.74) is -0.438. The maximum absolute atomic E-state index is 12.0. The number of anilines is 1. The van der Waals surface area contributed by atoms with Crippen LogP contribution < -0.4 is 4.90 Å². The van der Waals surface area contributed by atoms with Gasteiger partial charge < -0.3 is 14.5 Å². The SMILES string of the molecule is C[C@@H]1CN(C(=O)OC(C)(C)C)CCN1c1nccs1. The summed E-state index contributed by atoms with van der Waals surface area (Å²) in [5, 5.41) is 3.00. The summed E-state index contributed by atoms with van der Waals surface area (Å²) in [6.07, 6.45) is 1.59. The van der Waals surface area contributed by atoms with Gasteiger partial charge in [-0.3, -0.25) is 0 Å². The monoisotopic (exact) mass is 283 g/mol. The Balaban J connectivity index is 1.95. The first-order valence-corrected chi connectivity index (χ1v) is 7.39. The van der Waals surface area contributed by atoms with Gasteiger partial charge in [0, 0.05) is 37.3 Å². The maximum Gasteiger partial charge on any atom is 0.410 e. The van der Waals surface area contributed by atoms with Crippen molar-refractivity contribution in [3.63, 3.8) is 0 Å². The third-order valence-electron chi connectivity index (χ3n) is 2.94. The smallest absolute Gasteiger partial charge is 0.410 e. The van der Waals surface area contributed by atoms with Crippen LogP contribution in [0.2, 0.25) is 0 Å². The second kappa shape index (κ2) is 5.36. The zero-order chi connectivity index (χ0) is 14.0. The molecule has 2 heterocycles. The number of hydrogen-bond donors (Lipinski definition) is 0. The van der Waals surface area contributed by atoms with Crippen molar-refractivity contribution in [3.8, 4) is 0 Å². The first-order valence-electron chi connectivity index (χ1n) is 6.51. The van der Waals surface area contributed by atoms with Gasteiger partial charge in [-0.2, -0.15) is 0 Å². The summed E-state index contributed by atoms with van der Waals surface area (Å²) in [4.78, 5) is 20.4. The molecule has 1 saturated heterocycles. The number of aromatic nitrogens is 1. The maximum atomic E-state index is 12.0. The highest BCUT2D eigenvalue weighted by molar-refractivity contribution is 7.13. The molecule has 0 N–H and O–H groups in total. The number of carbonyl (C=O) groups is 1. The van der Waals surface area contributed by atoms with Crippen LogP contribution in [0.3, 0.4) is 0 Å². The number of ether oxygens (including phenoxy) is 1. The van der Waals surface area contributed by atoms with Crippen molar-refractivity contribution in [2.45, 2.75) is 39.3 Å². The van der Waals surface area contributed by atoms with E-state index in [2.05, 4.69) is 16.8 Å². The second-order valence-corrected chi connectivity index (χ2v) is 6.66. The van der Waals surface area contributed by atoms with Gasteiger partial charge in [0.15, 0.2) is 5.13 Å². The van der Waals surface area contributed by atoms with Crippen LogP contribution in [0.5, 0.6) is 0 Å². The van der Waals surface area contributed by atoms with Crippen molar-refractivity contribution in [1.82, 2.24) is 9.88 Å². The summed E-state index contributed by atoms with van der Waals surface area (Å²) in [7, 11) is 0. The molecular weight excluding hydrogens is 262 g/mol. The van der Waals surface area contributed by atoms with E-state index in [0.717, 1.165) is 11.7 Å². The van der Waals surface area contributed by atoms with Crippen LogP contribution in [-0.4, -0.2) is 47.3 Å². The van der Waals surface area contributed by atoms with E-state index in [1.54, 1.807) is 16.2 Å². The summed E-state index contributed by atoms with van der Waals surface area (Å²) < 4.78 is 5.41. The van der Waals surface area contributed by atoms with Gasteiger partial charge in [-0.15, -0.1) is 11.3 Å². The lowest BCUT2D eigenvalue weighted by atomic mass is 10.2. The van der Waals surface area contributed by atoms with Gasteiger partial charge in [-0.1, -0.05) is 0 Å². The molecule has 0 spiro atoms. The number of carbonyl (C=O) groups excluding carboxylic acids is 1. The van der Waals surface area contributed by atoms with E-state index >= 15 is 0 Å². The number of nitrogens with zero attached hydrogens (tertiary/aromatic N) is 3. The molecule has 1 aromatic heterocycles. The highest BCUT2D eigenvalue weighted by atomic mass is 32.1. The van der Waals surface area contributed by atoms with E-state index in [0.29, 0.717) is 13.1 Å². The van der Waals surface area contributed by atoms with Crippen molar-refractivity contribution < 1.29 is 9.53 Å². The van der Waals surface area contributed by atoms with Crippen LogP contribution in [0, 0.1) is 0 Å². The normalized spacial score (nSPS) is 20.5. The Morgan fingerprint density at radius 3 is 2.74 bits per heavy atom. The van der Waals surface area contributed by atoms with Gasteiger partial charge in [-0.25, -0.2) is 9.78 Å². The molecule has 19 heavy (non-hydrogen) atoms. The summed E-state index contributed by atoms with van der Waals surface area (Å²) in [5.74, 6) is 0. The number of thiazole rings is 1. The van der Waals surface area contributed by atoms with Crippen LogP contribution in [0.1, 0.15) is 27.7 Å². The number of rotatable bonds is 1. The molecule has 1 aliphatic heterocycles. The number of piperazine rings is 1. The van der Waals surface area contributed by atoms with Crippen molar-refractivity contribution in [2.24, 2.45) is 0 Å². The molecule has 106 valence electrons. The average molecular weight is 283 g/mol. The van der Waals surface area contributed by atoms with E-state index in [1.165, 1.54) is 0 Å². The minimum atomic E-state index is -0.438. The first-order chi connectivity index (χ1) is 8.87. The molecule has 0 unspecified atom stereocenters. The largest absolute Gasteiger partial charge is 0.444 e. The third-order valence-corrected chi connectivity index (χ3v) is 3.75. The molecule has 0 saturated carbocycles. The van der Waals surface area contributed by atoms with Crippen molar-refractivity contribution in [2.75, 3.05) is 24.5 Å². The molecule has 1 aromatic rings. The van der Waals surface area contributed by atoms with Gasteiger partial charge in [0.2, 0.25) is 0 Å². The van der Waals surface area contributed by atoms with Gasteiger partial charge >= 0.3 is 6.09 Å². The van der Waals surface area contributed by atoms with Crippen LogP contribution in [0.25, 0.3) is 0 Å². The molecule has 1 fully saturated rings. The predicted molar refractivity (Wildman–Crippen MR) is 76.7 cm³/mol. The van der Waals surface area contributed by atoms with Crippen molar-refractivity contribution >= 4 is 22.6 Å². The molecule has 5 nitrogen and oxygen atoms in total. The van der Waals surface area contributed by atoms with E-state index in [9.17, 15) is 4.79 Å². The van der Waals surface area contributed by atoms with Gasteiger partial charge in [-0.05, 0) is 27.7 Å². The van der Waals surface area contributed by atoms with E-state index in [-0.39, 0.29) is 12.1 Å². The number of amides is 1. The highest BCUT2D eigenvalue weighted by Gasteiger charge is 2.30. The third kappa shape index (κ3) is 3.59. The standard InChI is InChI=1S/C13H21N3O2S/c1-10-9-15(12(17)18-13(2,3)4)6-7-16(10)11-14-5-8-19-11/h5,8,10H,6-7,9H2,1-4H3/t10-/m1/s1. The highest BCUT2D eigenvalue weighted by Crippen LogP contribution is 2.23. The molecule has 1 atom stereocenters. The Labute approximate surface area is 118 Å². The van der Waals surface area contributed by atoms with Crippen LogP contribution in [0.15, 0.2) is 11.6 Å². The van der Waals surface area contributed by atoms with Gasteiger partial charge in [0.05, 0.1) is 0 Å². The molecule has 2 rings (SSSR count). The van der Waals surface area contributed by atoms with Crippen molar-refractivity contribution in [3.05, 3.63) is 11.6 Å². The zero-order valence-corrected chi connectivity index (χ0v) is 12.7. The van der Waals surface area contributed by atoms with E-state index < -0.39 is 5.60 Å². The lowest BCUT2D eigenvalue weighted by molar-refractivity contribution is 0.0219. The number of hydrogen-bond acceptors (Lipinski definition) is 5. The first kappa shape index (κ1) is 14.1. The molecule has 1 aliphatic rings. The van der Waals surface area contributed by atoms with Crippen LogP contribution >= 0.6 is 11.3 Å². The Morgan fingerprint density at radius 2 is 2.21 bits per heavy atom. The minimum absolute atomic E-state index is 0.224. The molecule has 6 heteroatoms. The van der Waals surface area contributed by atoms with E-state index in [4.69, 9.17) is 4.74 Å². The summed E-state index contributed by atoms with van der Waals surface area (Å²) >= 11 is 1.63. The van der Waals surface area contributed by atoms with Gasteiger partial charge in [0.25, 0.3) is 0 Å². The predicted octanol–water partition coefficient (Wildman–Crippen LogP) is 2.59. The molecule has 0 bridgehead atoms. The quantitative estimate of drug-likeness (QED) is 0.794. The molecule has 0 aliphatic carbocycles. The lowest BCUT2D eigenvalue weighted by Gasteiger charge is -2.40. The fourth-order valence-corrected chi connectivity index (χ4v) is 2.86. The Hall–Kier alpha value is -1.30. The van der Waals surface area contributed by atoms with Crippen molar-refractivity contribution in [1.29, 1.82) is 0 Å². The topological polar surface area (TPSA) is 45.7 Å². The fourth-order valence-electron chi connectivity index (χ4n) is 2.09. The fraction of sp³-hybridized carbons (Fsp3) is 0.692. The molecule has 1 amide bonds. The molecule has 0 aromatic carbocycles. The minimum Gasteiger partial charge on any atom is -0.444 e. The molecular formula is C13H21N3O2S. The Morgan fingerprint density at radius 1 is 1.47 bits per heavy atom. The Bertz CT molecular complexity index is 428. The van der Waals surface area contributed by atoms with Crippen LogP contribution in [-0.2, 0) is 4.74 Å². The van der Waals surface area contributed by atoms with Gasteiger partial charge in [0.1, 0.15) is 5.60 Å². The summed E-state index contributed by atoms with van der Waals surface area (Å²) in [6, 6.07) is 0.257. The average Bonchev–Trinajstić information content (AvgIpc) is 2.79. The Kier molecular flexibility index (Phi) is 3.99. The zero-order valence-electron chi connectivity index (χ0n) is 11.9. The van der Waals surface area contributed by atoms with E-state index in [1.807, 2.05) is 32.3 Å². The summed E-state index contributed by atoms with van der Waals surface area (Å²) in [6.45, 7) is 9.93.